The molecule has 1 amide bonds. The van der Waals surface area contributed by atoms with E-state index < -0.39 is 0 Å². The van der Waals surface area contributed by atoms with Crippen LogP contribution in [0.15, 0.2) is 24.3 Å². The van der Waals surface area contributed by atoms with Gasteiger partial charge in [-0.25, -0.2) is 9.67 Å². The van der Waals surface area contributed by atoms with Gasteiger partial charge in [0.05, 0.1) is 10.7 Å². The SMILES string of the molecule is CC(N)CCNC(=O)c1nc(C2CC2)n(-c2ccccc2Cl)n1.Cl. The van der Waals surface area contributed by atoms with Crippen molar-refractivity contribution < 1.29 is 4.79 Å². The number of rotatable bonds is 6. The summed E-state index contributed by atoms with van der Waals surface area (Å²) in [4.78, 5) is 16.7. The molecule has 1 heterocycles. The zero-order valence-electron chi connectivity index (χ0n) is 13.4. The van der Waals surface area contributed by atoms with Gasteiger partial charge < -0.3 is 11.1 Å². The van der Waals surface area contributed by atoms with E-state index >= 15 is 0 Å². The maximum absolute atomic E-state index is 12.2. The van der Waals surface area contributed by atoms with Gasteiger partial charge in [-0.3, -0.25) is 4.79 Å². The number of hydrogen-bond donors (Lipinski definition) is 2. The van der Waals surface area contributed by atoms with Gasteiger partial charge in [0.15, 0.2) is 0 Å². The average molecular weight is 370 g/mol. The highest BCUT2D eigenvalue weighted by atomic mass is 35.5. The summed E-state index contributed by atoms with van der Waals surface area (Å²) in [6.45, 7) is 2.41. The number of para-hydroxylation sites is 1. The first kappa shape index (κ1) is 18.7. The molecule has 6 nitrogen and oxygen atoms in total. The monoisotopic (exact) mass is 369 g/mol. The Kier molecular flexibility index (Phi) is 6.21. The molecule has 1 unspecified atom stereocenters. The molecule has 1 aromatic heterocycles. The van der Waals surface area contributed by atoms with Crippen molar-refractivity contribution in [1.29, 1.82) is 0 Å². The number of carbonyl (C=O) groups is 1. The van der Waals surface area contributed by atoms with E-state index in [-0.39, 0.29) is 30.2 Å². The molecule has 1 atom stereocenters. The van der Waals surface area contributed by atoms with Crippen LogP contribution in [0.4, 0.5) is 0 Å². The van der Waals surface area contributed by atoms with Crippen LogP contribution in [0.3, 0.4) is 0 Å². The standard InChI is InChI=1S/C16H20ClN5O.ClH/c1-10(18)8-9-19-16(23)14-20-15(11-6-7-11)22(21-14)13-5-3-2-4-12(13)17;/h2-5,10-11H,6-9,18H2,1H3,(H,19,23);1H. The van der Waals surface area contributed by atoms with Crippen molar-refractivity contribution >= 4 is 29.9 Å². The molecule has 0 aliphatic heterocycles. The fourth-order valence-corrected chi connectivity index (χ4v) is 2.54. The Morgan fingerprint density at radius 3 is 2.79 bits per heavy atom. The van der Waals surface area contributed by atoms with Crippen LogP contribution in [0, 0.1) is 0 Å². The Morgan fingerprint density at radius 2 is 2.17 bits per heavy atom. The lowest BCUT2D eigenvalue weighted by Gasteiger charge is -2.06. The fraction of sp³-hybridized carbons (Fsp3) is 0.438. The molecule has 1 fully saturated rings. The molecule has 0 bridgehead atoms. The highest BCUT2D eigenvalue weighted by Crippen LogP contribution is 2.40. The van der Waals surface area contributed by atoms with Crippen LogP contribution in [0.25, 0.3) is 5.69 Å². The molecule has 1 saturated carbocycles. The molecule has 1 aliphatic rings. The summed E-state index contributed by atoms with van der Waals surface area (Å²) >= 11 is 6.26. The van der Waals surface area contributed by atoms with E-state index in [1.807, 2.05) is 25.1 Å². The Bertz CT molecular complexity index is 712. The third-order valence-corrected chi connectivity index (χ3v) is 4.06. The number of aromatic nitrogens is 3. The summed E-state index contributed by atoms with van der Waals surface area (Å²) in [5.41, 5.74) is 6.43. The van der Waals surface area contributed by atoms with Gasteiger partial charge in [-0.2, -0.15) is 0 Å². The summed E-state index contributed by atoms with van der Waals surface area (Å²) in [5.74, 6) is 1.05. The van der Waals surface area contributed by atoms with Crippen LogP contribution < -0.4 is 11.1 Å². The highest BCUT2D eigenvalue weighted by molar-refractivity contribution is 6.32. The quantitative estimate of drug-likeness (QED) is 0.819. The molecule has 0 radical (unpaired) electrons. The van der Waals surface area contributed by atoms with Crippen LogP contribution in [0.2, 0.25) is 5.02 Å². The molecular weight excluding hydrogens is 349 g/mol. The van der Waals surface area contributed by atoms with Gasteiger partial charge in [0.2, 0.25) is 5.82 Å². The largest absolute Gasteiger partial charge is 0.349 e. The number of halogens is 2. The van der Waals surface area contributed by atoms with Gasteiger partial charge >= 0.3 is 0 Å². The molecule has 0 saturated heterocycles. The third kappa shape index (κ3) is 4.26. The number of carbonyl (C=O) groups excluding carboxylic acids is 1. The molecule has 0 spiro atoms. The third-order valence-electron chi connectivity index (χ3n) is 3.74. The fourth-order valence-electron chi connectivity index (χ4n) is 2.32. The molecule has 8 heteroatoms. The lowest BCUT2D eigenvalue weighted by atomic mass is 10.2. The highest BCUT2D eigenvalue weighted by Gasteiger charge is 2.31. The van der Waals surface area contributed by atoms with Gasteiger partial charge in [-0.05, 0) is 38.3 Å². The van der Waals surface area contributed by atoms with Crippen LogP contribution >= 0.6 is 24.0 Å². The smallest absolute Gasteiger partial charge is 0.290 e. The number of nitrogens with two attached hydrogens (primary N) is 1. The van der Waals surface area contributed by atoms with E-state index in [4.69, 9.17) is 17.3 Å². The van der Waals surface area contributed by atoms with E-state index in [0.717, 1.165) is 24.4 Å². The van der Waals surface area contributed by atoms with E-state index in [0.29, 0.717) is 23.9 Å². The first-order valence-corrected chi connectivity index (χ1v) is 8.19. The average Bonchev–Trinajstić information content (AvgIpc) is 3.26. The maximum Gasteiger partial charge on any atom is 0.290 e. The minimum Gasteiger partial charge on any atom is -0.349 e. The minimum atomic E-state index is -0.279. The lowest BCUT2D eigenvalue weighted by molar-refractivity contribution is 0.0942. The van der Waals surface area contributed by atoms with Gasteiger partial charge in [0, 0.05) is 18.5 Å². The summed E-state index contributed by atoms with van der Waals surface area (Å²) in [6, 6.07) is 7.48. The van der Waals surface area contributed by atoms with E-state index in [9.17, 15) is 4.79 Å². The number of nitrogens with zero attached hydrogens (tertiary/aromatic N) is 3. The maximum atomic E-state index is 12.2. The first-order valence-electron chi connectivity index (χ1n) is 7.82. The van der Waals surface area contributed by atoms with Crippen LogP contribution in [0.1, 0.15) is 48.5 Å². The molecule has 3 N–H and O–H groups in total. The molecular formula is C16H21Cl2N5O. The van der Waals surface area contributed by atoms with E-state index in [1.165, 1.54) is 0 Å². The summed E-state index contributed by atoms with van der Waals surface area (Å²) in [7, 11) is 0. The van der Waals surface area contributed by atoms with Gasteiger partial charge in [0.25, 0.3) is 5.91 Å². The number of amides is 1. The van der Waals surface area contributed by atoms with E-state index in [2.05, 4.69) is 15.4 Å². The Balaban J connectivity index is 0.00000208. The predicted octanol–water partition coefficient (Wildman–Crippen LogP) is 2.69. The predicted molar refractivity (Wildman–Crippen MR) is 96.2 cm³/mol. The molecule has 1 aliphatic carbocycles. The molecule has 2 aromatic rings. The molecule has 3 rings (SSSR count). The zero-order valence-corrected chi connectivity index (χ0v) is 15.0. The van der Waals surface area contributed by atoms with Crippen LogP contribution in [-0.4, -0.2) is 33.3 Å². The number of nitrogens with one attached hydrogen (secondary N) is 1. The van der Waals surface area contributed by atoms with Gasteiger partial charge in [0.1, 0.15) is 5.82 Å². The van der Waals surface area contributed by atoms with Gasteiger partial charge in [-0.1, -0.05) is 23.7 Å². The normalized spacial score (nSPS) is 14.8. The Morgan fingerprint density at radius 1 is 1.46 bits per heavy atom. The van der Waals surface area contributed by atoms with E-state index in [1.54, 1.807) is 10.7 Å². The summed E-state index contributed by atoms with van der Waals surface area (Å²) in [5, 5.41) is 7.77. The van der Waals surface area contributed by atoms with Crippen molar-refractivity contribution in [2.24, 2.45) is 5.73 Å². The summed E-state index contributed by atoms with van der Waals surface area (Å²) in [6.07, 6.45) is 2.84. The van der Waals surface area contributed by atoms with Crippen molar-refractivity contribution in [1.82, 2.24) is 20.1 Å². The molecule has 24 heavy (non-hydrogen) atoms. The Hall–Kier alpha value is -1.63. The zero-order chi connectivity index (χ0) is 16.4. The van der Waals surface area contributed by atoms with Crippen LogP contribution in [0.5, 0.6) is 0 Å². The summed E-state index contributed by atoms with van der Waals surface area (Å²) < 4.78 is 1.69. The lowest BCUT2D eigenvalue weighted by Crippen LogP contribution is -2.29. The van der Waals surface area contributed by atoms with Crippen molar-refractivity contribution in [2.45, 2.75) is 38.1 Å². The second-order valence-corrected chi connectivity index (χ2v) is 6.36. The Labute approximate surface area is 152 Å². The van der Waals surface area contributed by atoms with Crippen molar-refractivity contribution in [3.05, 3.63) is 40.9 Å². The minimum absolute atomic E-state index is 0. The number of hydrogen-bond acceptors (Lipinski definition) is 4. The molecule has 1 aromatic carbocycles. The van der Waals surface area contributed by atoms with Gasteiger partial charge in [-0.15, -0.1) is 17.5 Å². The first-order chi connectivity index (χ1) is 11.1. The van der Waals surface area contributed by atoms with Crippen LogP contribution in [-0.2, 0) is 0 Å². The topological polar surface area (TPSA) is 85.8 Å². The van der Waals surface area contributed by atoms with Crippen molar-refractivity contribution in [2.75, 3.05) is 6.54 Å². The number of benzene rings is 1. The second-order valence-electron chi connectivity index (χ2n) is 5.95. The van der Waals surface area contributed by atoms with Crippen molar-refractivity contribution in [3.63, 3.8) is 0 Å². The second kappa shape index (κ2) is 7.96. The molecule has 130 valence electrons. The van der Waals surface area contributed by atoms with Crippen molar-refractivity contribution in [3.8, 4) is 5.69 Å².